The fourth-order valence-corrected chi connectivity index (χ4v) is 2.98. The Balaban J connectivity index is 2.04. The molecule has 1 amide bonds. The number of methoxy groups -OCH3 is 1. The molecule has 0 aliphatic rings. The predicted molar refractivity (Wildman–Crippen MR) is 144 cm³/mol. The zero-order valence-electron chi connectivity index (χ0n) is 20.8. The third-order valence-electron chi connectivity index (χ3n) is 4.87. The van der Waals surface area contributed by atoms with Gasteiger partial charge in [-0.15, -0.1) is 0 Å². The molecule has 0 saturated carbocycles. The van der Waals surface area contributed by atoms with Crippen molar-refractivity contribution >= 4 is 5.91 Å². The molecule has 0 aliphatic carbocycles. The number of amides is 1. The van der Waals surface area contributed by atoms with Gasteiger partial charge in [0.15, 0.2) is 11.5 Å². The molecular weight excluding hydrogens is 422 g/mol. The lowest BCUT2D eigenvalue weighted by Gasteiger charge is -2.08. The number of ether oxygens (including phenoxy) is 1. The van der Waals surface area contributed by atoms with Crippen LogP contribution in [0.4, 0.5) is 0 Å². The predicted octanol–water partition coefficient (Wildman–Crippen LogP) is 7.49. The van der Waals surface area contributed by atoms with Gasteiger partial charge in [0.1, 0.15) is 0 Å². The summed E-state index contributed by atoms with van der Waals surface area (Å²) in [6.45, 7) is 2.57. The number of carbonyl (C=O) groups is 1. The van der Waals surface area contributed by atoms with Crippen molar-refractivity contribution in [3.63, 3.8) is 0 Å². The van der Waals surface area contributed by atoms with Gasteiger partial charge in [-0.05, 0) is 62.6 Å². The van der Waals surface area contributed by atoms with Crippen molar-refractivity contribution in [2.24, 2.45) is 0 Å². The first-order valence-electron chi connectivity index (χ1n) is 12.2. The fourth-order valence-electron chi connectivity index (χ4n) is 2.98. The minimum atomic E-state index is 0.00608. The Bertz CT molecular complexity index is 860. The highest BCUT2D eigenvalue weighted by Crippen LogP contribution is 2.26. The standard InChI is InChI=1S/C30H41NO3/c1-3-4-5-6-7-8-9-10-11-12-13-14-15-16-17-18-19-20-21-22-30(33)31-26-27-23-24-28(32)29(25-27)34-2/h4-5,7-8,10-11,13-14,16-17,19-20,23-25,32H,3,6,9,12,15,18,21-22,26H2,1-2H3,(H,31,33)/b5-4-,8-7-,11-10-,14-13-,17-16-,20-19-. The summed E-state index contributed by atoms with van der Waals surface area (Å²) in [4.78, 5) is 12.0. The van der Waals surface area contributed by atoms with E-state index in [9.17, 15) is 9.90 Å². The SMILES string of the molecule is CC/C=C\C/C=C\C/C=C\C/C=C\C/C=C\C/C=C\CCC(=O)NCc1ccc(O)c(OC)c1. The van der Waals surface area contributed by atoms with Gasteiger partial charge in [0, 0.05) is 13.0 Å². The Morgan fingerprint density at radius 3 is 1.82 bits per heavy atom. The van der Waals surface area contributed by atoms with Crippen LogP contribution in [0.1, 0.15) is 63.9 Å². The van der Waals surface area contributed by atoms with Crippen LogP contribution in [0.5, 0.6) is 11.5 Å². The molecule has 0 atom stereocenters. The van der Waals surface area contributed by atoms with E-state index in [1.165, 1.54) is 7.11 Å². The highest BCUT2D eigenvalue weighted by atomic mass is 16.5. The van der Waals surface area contributed by atoms with Gasteiger partial charge in [-0.2, -0.15) is 0 Å². The number of rotatable bonds is 17. The van der Waals surface area contributed by atoms with Crippen LogP contribution in [0.15, 0.2) is 91.1 Å². The third kappa shape index (κ3) is 15.5. The molecule has 2 N–H and O–H groups in total. The minimum Gasteiger partial charge on any atom is -0.504 e. The maximum Gasteiger partial charge on any atom is 0.220 e. The lowest BCUT2D eigenvalue weighted by atomic mass is 10.2. The summed E-state index contributed by atoms with van der Waals surface area (Å²) in [6.07, 6.45) is 33.1. The number of benzene rings is 1. The van der Waals surface area contributed by atoms with E-state index in [2.05, 4.69) is 79.1 Å². The van der Waals surface area contributed by atoms with E-state index in [1.54, 1.807) is 18.2 Å². The molecule has 0 saturated heterocycles. The normalized spacial score (nSPS) is 12.4. The molecule has 1 rings (SSSR count). The maximum atomic E-state index is 12.0. The molecule has 4 nitrogen and oxygen atoms in total. The van der Waals surface area contributed by atoms with Crippen LogP contribution in [0, 0.1) is 0 Å². The first kappa shape index (κ1) is 28.8. The second-order valence-corrected chi connectivity index (χ2v) is 7.74. The highest BCUT2D eigenvalue weighted by Gasteiger charge is 2.04. The monoisotopic (exact) mass is 463 g/mol. The summed E-state index contributed by atoms with van der Waals surface area (Å²) >= 11 is 0. The molecule has 0 radical (unpaired) electrons. The van der Waals surface area contributed by atoms with Gasteiger partial charge in [-0.3, -0.25) is 4.79 Å². The van der Waals surface area contributed by atoms with E-state index in [4.69, 9.17) is 4.74 Å². The summed E-state index contributed by atoms with van der Waals surface area (Å²) < 4.78 is 5.08. The molecule has 0 unspecified atom stereocenters. The zero-order valence-corrected chi connectivity index (χ0v) is 20.8. The Hall–Kier alpha value is -3.27. The van der Waals surface area contributed by atoms with Gasteiger partial charge in [0.2, 0.25) is 5.91 Å². The van der Waals surface area contributed by atoms with Gasteiger partial charge >= 0.3 is 0 Å². The Morgan fingerprint density at radius 1 is 0.824 bits per heavy atom. The summed E-state index contributed by atoms with van der Waals surface area (Å²) in [5, 5.41) is 12.5. The molecule has 1 aromatic carbocycles. The Kier molecular flexibility index (Phi) is 17.2. The first-order valence-corrected chi connectivity index (χ1v) is 12.2. The average molecular weight is 464 g/mol. The molecule has 0 aromatic heterocycles. The van der Waals surface area contributed by atoms with Crippen LogP contribution in [0.2, 0.25) is 0 Å². The molecule has 0 heterocycles. The van der Waals surface area contributed by atoms with Crippen molar-refractivity contribution in [1.82, 2.24) is 5.32 Å². The molecule has 0 aliphatic heterocycles. The highest BCUT2D eigenvalue weighted by molar-refractivity contribution is 5.76. The van der Waals surface area contributed by atoms with Crippen molar-refractivity contribution in [2.75, 3.05) is 7.11 Å². The summed E-state index contributed by atoms with van der Waals surface area (Å²) in [7, 11) is 1.50. The van der Waals surface area contributed by atoms with Crippen LogP contribution in [-0.2, 0) is 11.3 Å². The number of phenols is 1. The van der Waals surface area contributed by atoms with E-state index in [1.807, 2.05) is 6.08 Å². The number of nitrogens with one attached hydrogen (secondary N) is 1. The van der Waals surface area contributed by atoms with Crippen LogP contribution in [-0.4, -0.2) is 18.1 Å². The van der Waals surface area contributed by atoms with Gasteiger partial charge in [-0.25, -0.2) is 0 Å². The molecule has 4 heteroatoms. The number of hydrogen-bond acceptors (Lipinski definition) is 3. The van der Waals surface area contributed by atoms with Crippen molar-refractivity contribution in [2.45, 2.75) is 64.8 Å². The third-order valence-corrected chi connectivity index (χ3v) is 4.87. The van der Waals surface area contributed by atoms with Gasteiger partial charge in [0.05, 0.1) is 7.11 Å². The first-order chi connectivity index (χ1) is 16.7. The van der Waals surface area contributed by atoms with E-state index in [-0.39, 0.29) is 11.7 Å². The number of aromatic hydroxyl groups is 1. The van der Waals surface area contributed by atoms with Crippen LogP contribution in [0.3, 0.4) is 0 Å². The van der Waals surface area contributed by atoms with Crippen LogP contribution < -0.4 is 10.1 Å². The van der Waals surface area contributed by atoms with Crippen molar-refractivity contribution in [3.05, 3.63) is 96.7 Å². The lowest BCUT2D eigenvalue weighted by molar-refractivity contribution is -0.121. The quantitative estimate of drug-likeness (QED) is 0.235. The van der Waals surface area contributed by atoms with E-state index < -0.39 is 0 Å². The minimum absolute atomic E-state index is 0.00608. The van der Waals surface area contributed by atoms with Crippen molar-refractivity contribution in [3.8, 4) is 11.5 Å². The molecular formula is C30H41NO3. The van der Waals surface area contributed by atoms with Crippen LogP contribution in [0.25, 0.3) is 0 Å². The van der Waals surface area contributed by atoms with E-state index in [0.29, 0.717) is 18.7 Å². The van der Waals surface area contributed by atoms with Gasteiger partial charge in [0.25, 0.3) is 0 Å². The second-order valence-electron chi connectivity index (χ2n) is 7.74. The van der Waals surface area contributed by atoms with Crippen molar-refractivity contribution < 1.29 is 14.6 Å². The molecule has 1 aromatic rings. The smallest absolute Gasteiger partial charge is 0.220 e. The van der Waals surface area contributed by atoms with E-state index in [0.717, 1.165) is 50.5 Å². The molecule has 0 fully saturated rings. The largest absolute Gasteiger partial charge is 0.504 e. The summed E-state index contributed by atoms with van der Waals surface area (Å²) in [5.41, 5.74) is 0.886. The Morgan fingerprint density at radius 2 is 1.32 bits per heavy atom. The van der Waals surface area contributed by atoms with Crippen LogP contribution >= 0.6 is 0 Å². The van der Waals surface area contributed by atoms with E-state index >= 15 is 0 Å². The molecule has 0 spiro atoms. The topological polar surface area (TPSA) is 58.6 Å². The summed E-state index contributed by atoms with van der Waals surface area (Å²) in [5.74, 6) is 0.506. The molecule has 34 heavy (non-hydrogen) atoms. The number of hydrogen-bond donors (Lipinski definition) is 2. The number of phenolic OH excluding ortho intramolecular Hbond substituents is 1. The van der Waals surface area contributed by atoms with Gasteiger partial charge < -0.3 is 15.2 Å². The molecule has 0 bridgehead atoms. The van der Waals surface area contributed by atoms with Crippen molar-refractivity contribution in [1.29, 1.82) is 0 Å². The summed E-state index contributed by atoms with van der Waals surface area (Å²) in [6, 6.07) is 5.06. The average Bonchev–Trinajstić information content (AvgIpc) is 2.85. The second kappa shape index (κ2) is 20.3. The Labute approximate surface area is 206 Å². The van der Waals surface area contributed by atoms with Gasteiger partial charge in [-0.1, -0.05) is 85.9 Å². The number of allylic oxidation sites excluding steroid dienone is 12. The number of carbonyl (C=O) groups excluding carboxylic acids is 1. The lowest BCUT2D eigenvalue weighted by Crippen LogP contribution is -2.22. The zero-order chi connectivity index (χ0) is 24.7. The fraction of sp³-hybridized carbons (Fsp3) is 0.367. The maximum absolute atomic E-state index is 12.0. The molecule has 184 valence electrons.